The van der Waals surface area contributed by atoms with Crippen molar-refractivity contribution >= 4 is 47.0 Å². The summed E-state index contributed by atoms with van der Waals surface area (Å²) in [6, 6.07) is 33.1. The third kappa shape index (κ3) is 7.09. The zero-order valence-corrected chi connectivity index (χ0v) is 21.2. The molecule has 6 heteroatoms. The first-order valence-corrected chi connectivity index (χ1v) is 14.0. The Morgan fingerprint density at radius 2 is 0.818 bits per heavy atom. The molecule has 0 heterocycles. The number of hydrogen-bond donors (Lipinski definition) is 2. The quantitative estimate of drug-likeness (QED) is 0.168. The Morgan fingerprint density at radius 1 is 0.455 bits per heavy atom. The zero-order chi connectivity index (χ0) is 22.9. The van der Waals surface area contributed by atoms with Crippen LogP contribution in [0.1, 0.15) is 11.1 Å². The van der Waals surface area contributed by atoms with Crippen molar-refractivity contribution < 1.29 is 10.2 Å². The molecule has 0 spiro atoms. The monoisotopic (exact) mass is 508 g/mol. The van der Waals surface area contributed by atoms with Gasteiger partial charge in [-0.15, -0.1) is 23.5 Å². The van der Waals surface area contributed by atoms with Crippen LogP contribution in [0.15, 0.2) is 126 Å². The molecule has 0 saturated carbocycles. The third-order valence-corrected chi connectivity index (χ3v) is 9.25. The van der Waals surface area contributed by atoms with Crippen molar-refractivity contribution in [1.82, 2.24) is 0 Å². The molecule has 0 amide bonds. The van der Waals surface area contributed by atoms with Gasteiger partial charge in [0.05, 0.1) is 13.2 Å². The second-order valence-electron chi connectivity index (χ2n) is 7.09. The van der Waals surface area contributed by atoms with Gasteiger partial charge in [0.1, 0.15) is 0 Å². The number of hydrogen-bond acceptors (Lipinski definition) is 6. The summed E-state index contributed by atoms with van der Waals surface area (Å²) in [5.74, 6) is 0. The molecule has 33 heavy (non-hydrogen) atoms. The normalized spacial score (nSPS) is 11.0. The maximum atomic E-state index is 9.51. The van der Waals surface area contributed by atoms with E-state index in [1.807, 2.05) is 72.1 Å². The van der Waals surface area contributed by atoms with Crippen LogP contribution in [0.4, 0.5) is 0 Å². The molecule has 0 aliphatic heterocycles. The number of aliphatic hydroxyl groups is 2. The predicted molar refractivity (Wildman–Crippen MR) is 142 cm³/mol. The molecule has 0 aliphatic carbocycles. The largest absolute Gasteiger partial charge is 0.392 e. The lowest BCUT2D eigenvalue weighted by molar-refractivity contribution is 0.278. The minimum atomic E-state index is 0.0595. The summed E-state index contributed by atoms with van der Waals surface area (Å²) in [7, 11) is 0. The molecule has 0 radical (unpaired) electrons. The molecule has 0 unspecified atom stereocenters. The first-order chi connectivity index (χ1) is 16.2. The van der Waals surface area contributed by atoms with Gasteiger partial charge in [0.15, 0.2) is 0 Å². The maximum absolute atomic E-state index is 9.51. The molecule has 0 bridgehead atoms. The van der Waals surface area contributed by atoms with Gasteiger partial charge in [0.25, 0.3) is 0 Å². The van der Waals surface area contributed by atoms with Crippen molar-refractivity contribution in [2.45, 2.75) is 42.6 Å². The summed E-state index contributed by atoms with van der Waals surface area (Å²) >= 11 is 7.02. The topological polar surface area (TPSA) is 40.5 Å². The molecule has 0 saturated heterocycles. The van der Waals surface area contributed by atoms with Crippen LogP contribution in [0.25, 0.3) is 0 Å². The number of aliphatic hydroxyl groups excluding tert-OH is 2. The molecule has 2 nitrogen and oxygen atoms in total. The molecule has 4 aromatic carbocycles. The molecule has 168 valence electrons. The van der Waals surface area contributed by atoms with Crippen molar-refractivity contribution in [2.75, 3.05) is 5.08 Å². The average Bonchev–Trinajstić information content (AvgIpc) is 2.87. The first-order valence-electron chi connectivity index (χ1n) is 10.4. The van der Waals surface area contributed by atoms with E-state index in [1.54, 1.807) is 23.5 Å². The van der Waals surface area contributed by atoms with E-state index in [9.17, 15) is 10.2 Å². The molecular weight excluding hydrogens is 485 g/mol. The van der Waals surface area contributed by atoms with Crippen molar-refractivity contribution in [3.63, 3.8) is 0 Å². The van der Waals surface area contributed by atoms with Crippen molar-refractivity contribution in [3.05, 3.63) is 108 Å². The molecule has 4 aromatic rings. The van der Waals surface area contributed by atoms with Crippen LogP contribution in [0.5, 0.6) is 0 Å². The summed E-state index contributed by atoms with van der Waals surface area (Å²) < 4.78 is 0. The lowest BCUT2D eigenvalue weighted by Gasteiger charge is -2.08. The highest BCUT2D eigenvalue weighted by atomic mass is 32.2. The van der Waals surface area contributed by atoms with Gasteiger partial charge in [-0.25, -0.2) is 0 Å². The lowest BCUT2D eigenvalue weighted by Crippen LogP contribution is -1.86. The van der Waals surface area contributed by atoms with Crippen molar-refractivity contribution in [1.29, 1.82) is 0 Å². The Bertz CT molecular complexity index is 1070. The van der Waals surface area contributed by atoms with Gasteiger partial charge in [-0.1, -0.05) is 59.9 Å². The predicted octanol–water partition coefficient (Wildman–Crippen LogP) is 7.82. The fourth-order valence-corrected chi connectivity index (χ4v) is 6.95. The summed E-state index contributed by atoms with van der Waals surface area (Å²) in [6.07, 6.45) is 0. The van der Waals surface area contributed by atoms with Gasteiger partial charge in [-0.3, -0.25) is 0 Å². The molecule has 4 rings (SSSR count). The molecule has 0 aliphatic rings. The molecule has 2 N–H and O–H groups in total. The van der Waals surface area contributed by atoms with Gasteiger partial charge >= 0.3 is 0 Å². The summed E-state index contributed by atoms with van der Waals surface area (Å²) in [6.45, 7) is 0.119. The minimum absolute atomic E-state index is 0.0595. The Kier molecular flexibility index (Phi) is 9.29. The van der Waals surface area contributed by atoms with Crippen LogP contribution in [-0.4, -0.2) is 15.3 Å². The lowest BCUT2D eigenvalue weighted by atomic mass is 10.2. The summed E-state index contributed by atoms with van der Waals surface area (Å²) in [5.41, 5.74) is 1.92. The highest BCUT2D eigenvalue weighted by Crippen LogP contribution is 2.35. The van der Waals surface area contributed by atoms with E-state index in [0.29, 0.717) is 0 Å². The van der Waals surface area contributed by atoms with Crippen LogP contribution < -0.4 is 0 Å². The Hall–Kier alpha value is -1.80. The third-order valence-electron chi connectivity index (χ3n) is 4.84. The Labute approximate surface area is 212 Å². The van der Waals surface area contributed by atoms with Crippen molar-refractivity contribution in [2.24, 2.45) is 0 Å². The second-order valence-corrected chi connectivity index (χ2v) is 11.8. The second kappa shape index (κ2) is 12.6. The summed E-state index contributed by atoms with van der Waals surface area (Å²) in [4.78, 5) is 7.02. The SMILES string of the molecule is OCc1ccccc1Sc1ccc(SCSc2ccc(Sc3ccccc3CO)cc2)cc1. The number of benzene rings is 4. The molecule has 0 aromatic heterocycles. The van der Waals surface area contributed by atoms with Crippen LogP contribution in [0, 0.1) is 0 Å². The van der Waals surface area contributed by atoms with Gasteiger partial charge in [0, 0.05) is 34.5 Å². The van der Waals surface area contributed by atoms with E-state index in [4.69, 9.17) is 0 Å². The summed E-state index contributed by atoms with van der Waals surface area (Å²) in [5, 5.41) is 20.0. The highest BCUT2D eigenvalue weighted by Gasteiger charge is 2.05. The maximum Gasteiger partial charge on any atom is 0.0692 e. The van der Waals surface area contributed by atoms with Crippen molar-refractivity contribution in [3.8, 4) is 0 Å². The zero-order valence-electron chi connectivity index (χ0n) is 17.9. The highest BCUT2D eigenvalue weighted by molar-refractivity contribution is 8.16. The fraction of sp³-hybridized carbons (Fsp3) is 0.111. The van der Waals surface area contributed by atoms with Crippen LogP contribution >= 0.6 is 47.0 Å². The van der Waals surface area contributed by atoms with E-state index >= 15 is 0 Å². The smallest absolute Gasteiger partial charge is 0.0692 e. The van der Waals surface area contributed by atoms with E-state index in [-0.39, 0.29) is 13.2 Å². The first kappa shape index (κ1) is 24.3. The van der Waals surface area contributed by atoms with Crippen LogP contribution in [-0.2, 0) is 13.2 Å². The van der Waals surface area contributed by atoms with Gasteiger partial charge in [-0.2, -0.15) is 0 Å². The molecular formula is C27H24O2S4. The van der Waals surface area contributed by atoms with Gasteiger partial charge < -0.3 is 10.2 Å². The van der Waals surface area contributed by atoms with E-state index in [2.05, 4.69) is 48.5 Å². The molecule has 0 atom stereocenters. The molecule has 0 fully saturated rings. The number of rotatable bonds is 10. The standard InChI is InChI=1S/C27H24O2S4/c28-17-20-5-1-3-7-26(20)32-24-13-9-22(10-14-24)30-19-31-23-11-15-25(16-12-23)33-27-8-4-2-6-21(27)18-29/h1-16,28-29H,17-19H2. The van der Waals surface area contributed by atoms with Crippen LogP contribution in [0.3, 0.4) is 0 Å². The fourth-order valence-electron chi connectivity index (χ4n) is 3.10. The number of thioether (sulfide) groups is 2. The Morgan fingerprint density at radius 3 is 1.21 bits per heavy atom. The van der Waals surface area contributed by atoms with Gasteiger partial charge in [-0.05, 0) is 71.8 Å². The Balaban J connectivity index is 1.27. The van der Waals surface area contributed by atoms with E-state index < -0.39 is 0 Å². The van der Waals surface area contributed by atoms with E-state index in [1.165, 1.54) is 19.6 Å². The van der Waals surface area contributed by atoms with Gasteiger partial charge in [0.2, 0.25) is 0 Å². The van der Waals surface area contributed by atoms with Crippen LogP contribution in [0.2, 0.25) is 0 Å². The average molecular weight is 509 g/mol. The van der Waals surface area contributed by atoms with E-state index in [0.717, 1.165) is 26.0 Å². The minimum Gasteiger partial charge on any atom is -0.392 e.